The van der Waals surface area contributed by atoms with E-state index in [1.807, 2.05) is 6.07 Å². The van der Waals surface area contributed by atoms with Crippen molar-refractivity contribution in [2.24, 2.45) is 0 Å². The quantitative estimate of drug-likeness (QED) is 0.351. The van der Waals surface area contributed by atoms with Crippen molar-refractivity contribution in [3.63, 3.8) is 0 Å². The number of rotatable bonds is 8. The number of ether oxygens (including phenoxy) is 2. The van der Waals surface area contributed by atoms with Crippen molar-refractivity contribution in [1.82, 2.24) is 9.55 Å². The van der Waals surface area contributed by atoms with Crippen LogP contribution in [0.3, 0.4) is 0 Å². The van der Waals surface area contributed by atoms with Gasteiger partial charge in [-0.3, -0.25) is 0 Å². The van der Waals surface area contributed by atoms with Crippen LogP contribution in [0, 0.1) is 0 Å². The molecule has 4 rings (SSSR count). The first-order valence-electron chi connectivity index (χ1n) is 10.8. The number of fused-ring (bicyclic) bond motifs is 1. The summed E-state index contributed by atoms with van der Waals surface area (Å²) in [6.07, 6.45) is 0.828. The van der Waals surface area contributed by atoms with E-state index in [4.69, 9.17) is 14.5 Å². The molecular weight excluding hydrogens is 384 g/mol. The Kier molecular flexibility index (Phi) is 6.38. The number of imidazole rings is 1. The third-order valence-corrected chi connectivity index (χ3v) is 5.75. The number of hydrogen-bond donors (Lipinski definition) is 0. The average molecular weight is 415 g/mol. The lowest BCUT2D eigenvalue weighted by molar-refractivity contribution is 0.188. The molecule has 4 aromatic rings. The molecule has 4 nitrogen and oxygen atoms in total. The molecule has 0 aliphatic carbocycles. The Morgan fingerprint density at radius 3 is 2.29 bits per heavy atom. The van der Waals surface area contributed by atoms with E-state index in [2.05, 4.69) is 79.1 Å². The van der Waals surface area contributed by atoms with Gasteiger partial charge < -0.3 is 14.0 Å². The van der Waals surface area contributed by atoms with Crippen LogP contribution in [0.1, 0.15) is 36.5 Å². The van der Waals surface area contributed by atoms with Crippen molar-refractivity contribution in [1.29, 1.82) is 0 Å². The largest absolute Gasteiger partial charge is 0.494 e. The van der Waals surface area contributed by atoms with Crippen molar-refractivity contribution < 1.29 is 9.47 Å². The summed E-state index contributed by atoms with van der Waals surface area (Å²) in [4.78, 5) is 5.14. The molecule has 0 fully saturated rings. The highest BCUT2D eigenvalue weighted by Gasteiger charge is 2.19. The zero-order valence-electron chi connectivity index (χ0n) is 18.8. The highest BCUT2D eigenvalue weighted by atomic mass is 16.5. The van der Waals surface area contributed by atoms with E-state index in [1.165, 1.54) is 16.7 Å². The topological polar surface area (TPSA) is 36.3 Å². The van der Waals surface area contributed by atoms with E-state index in [9.17, 15) is 0 Å². The fourth-order valence-electron chi connectivity index (χ4n) is 4.02. The van der Waals surface area contributed by atoms with Gasteiger partial charge >= 0.3 is 0 Å². The Bertz CT molecular complexity index is 1150. The molecule has 160 valence electrons. The van der Waals surface area contributed by atoms with Gasteiger partial charge in [-0.2, -0.15) is 0 Å². The van der Waals surface area contributed by atoms with Gasteiger partial charge in [0.2, 0.25) is 0 Å². The summed E-state index contributed by atoms with van der Waals surface area (Å²) < 4.78 is 13.4. The van der Waals surface area contributed by atoms with E-state index in [0.717, 1.165) is 34.6 Å². The van der Waals surface area contributed by atoms with Gasteiger partial charge in [0.15, 0.2) is 0 Å². The van der Waals surface area contributed by atoms with E-state index in [1.54, 1.807) is 14.2 Å². The molecule has 0 bridgehead atoms. The van der Waals surface area contributed by atoms with Gasteiger partial charge in [0.1, 0.15) is 17.1 Å². The van der Waals surface area contributed by atoms with Gasteiger partial charge in [0.05, 0.1) is 19.2 Å². The first kappa shape index (κ1) is 21.1. The number of benzene rings is 3. The second-order valence-corrected chi connectivity index (χ2v) is 8.14. The first-order valence-corrected chi connectivity index (χ1v) is 10.8. The molecule has 0 aliphatic heterocycles. The minimum Gasteiger partial charge on any atom is -0.494 e. The second kappa shape index (κ2) is 9.36. The summed E-state index contributed by atoms with van der Waals surface area (Å²) in [5.74, 6) is 2.28. The molecule has 0 amide bonds. The molecule has 0 spiro atoms. The van der Waals surface area contributed by atoms with E-state index >= 15 is 0 Å². The van der Waals surface area contributed by atoms with Gasteiger partial charge in [0.25, 0.3) is 0 Å². The van der Waals surface area contributed by atoms with Crippen LogP contribution >= 0.6 is 0 Å². The number of hydrogen-bond acceptors (Lipinski definition) is 3. The fraction of sp³-hybridized carbons (Fsp3) is 0.296. The average Bonchev–Trinajstić information content (AvgIpc) is 3.18. The van der Waals surface area contributed by atoms with E-state index in [-0.39, 0.29) is 0 Å². The van der Waals surface area contributed by atoms with Crippen LogP contribution in [0.15, 0.2) is 66.7 Å². The van der Waals surface area contributed by atoms with Gasteiger partial charge in [-0.1, -0.05) is 74.5 Å². The highest BCUT2D eigenvalue weighted by molar-refractivity contribution is 5.89. The minimum atomic E-state index is 0.499. The summed E-state index contributed by atoms with van der Waals surface area (Å²) in [7, 11) is 3.45. The van der Waals surface area contributed by atoms with Crippen LogP contribution < -0.4 is 4.74 Å². The van der Waals surface area contributed by atoms with Gasteiger partial charge in [-0.05, 0) is 35.1 Å². The number of nitrogens with zero attached hydrogens (tertiary/aromatic N) is 2. The summed E-state index contributed by atoms with van der Waals surface area (Å²) in [6, 6.07) is 23.4. The minimum absolute atomic E-state index is 0.499. The molecular formula is C27H30N2O2. The fourth-order valence-corrected chi connectivity index (χ4v) is 4.02. The maximum atomic E-state index is 5.75. The van der Waals surface area contributed by atoms with Crippen LogP contribution in [0.5, 0.6) is 5.75 Å². The lowest BCUT2D eigenvalue weighted by Crippen LogP contribution is -2.07. The number of aromatic nitrogens is 2. The molecule has 0 saturated heterocycles. The SMILES string of the molecule is COCCn1c(-c2ccc(C(C)C)cc2)nc2c(Cc3ccccc3)ccc(OC)c21. The Morgan fingerprint density at radius 1 is 0.903 bits per heavy atom. The summed E-state index contributed by atoms with van der Waals surface area (Å²) in [5, 5.41) is 0. The maximum Gasteiger partial charge on any atom is 0.144 e. The summed E-state index contributed by atoms with van der Waals surface area (Å²) in [6.45, 7) is 5.74. The third kappa shape index (κ3) is 4.35. The van der Waals surface area contributed by atoms with E-state index < -0.39 is 0 Å². The molecule has 1 heterocycles. The Balaban J connectivity index is 1.89. The molecule has 0 radical (unpaired) electrons. The van der Waals surface area contributed by atoms with Gasteiger partial charge in [-0.25, -0.2) is 4.98 Å². The molecule has 31 heavy (non-hydrogen) atoms. The van der Waals surface area contributed by atoms with Crippen molar-refractivity contribution >= 4 is 11.0 Å². The van der Waals surface area contributed by atoms with Crippen molar-refractivity contribution in [3.05, 3.63) is 83.4 Å². The zero-order chi connectivity index (χ0) is 21.8. The predicted molar refractivity (Wildman–Crippen MR) is 127 cm³/mol. The van der Waals surface area contributed by atoms with Crippen molar-refractivity contribution in [2.45, 2.75) is 32.7 Å². The summed E-state index contributed by atoms with van der Waals surface area (Å²) >= 11 is 0. The number of methoxy groups -OCH3 is 2. The molecule has 1 aromatic heterocycles. The van der Waals surface area contributed by atoms with Crippen molar-refractivity contribution in [3.8, 4) is 17.1 Å². The van der Waals surface area contributed by atoms with Crippen LogP contribution in [0.2, 0.25) is 0 Å². The van der Waals surface area contributed by atoms with Crippen molar-refractivity contribution in [2.75, 3.05) is 20.8 Å². The van der Waals surface area contributed by atoms with Crippen LogP contribution in [-0.4, -0.2) is 30.4 Å². The molecule has 0 N–H and O–H groups in total. The molecule has 0 aliphatic rings. The Hall–Kier alpha value is -3.11. The predicted octanol–water partition coefficient (Wildman–Crippen LogP) is 6.07. The van der Waals surface area contributed by atoms with Crippen LogP contribution in [-0.2, 0) is 17.7 Å². The normalized spacial score (nSPS) is 11.4. The monoisotopic (exact) mass is 414 g/mol. The molecule has 0 saturated carbocycles. The van der Waals surface area contributed by atoms with Crippen LogP contribution in [0.25, 0.3) is 22.4 Å². The molecule has 0 unspecified atom stereocenters. The highest BCUT2D eigenvalue weighted by Crippen LogP contribution is 2.34. The van der Waals surface area contributed by atoms with Gasteiger partial charge in [-0.15, -0.1) is 0 Å². The lowest BCUT2D eigenvalue weighted by Gasteiger charge is -2.12. The first-order chi connectivity index (χ1) is 15.1. The molecule has 0 atom stereocenters. The molecule has 3 aromatic carbocycles. The maximum absolute atomic E-state index is 5.75. The Morgan fingerprint density at radius 2 is 1.65 bits per heavy atom. The van der Waals surface area contributed by atoms with E-state index in [0.29, 0.717) is 19.1 Å². The lowest BCUT2D eigenvalue weighted by atomic mass is 10.0. The third-order valence-electron chi connectivity index (χ3n) is 5.75. The second-order valence-electron chi connectivity index (χ2n) is 8.14. The standard InChI is InChI=1S/C27H30N2O2/c1-19(2)21-10-12-22(13-11-21)27-28-25-23(18-20-8-6-5-7-9-20)14-15-24(31-4)26(25)29(27)16-17-30-3/h5-15,19H,16-18H2,1-4H3. The smallest absolute Gasteiger partial charge is 0.144 e. The zero-order valence-corrected chi connectivity index (χ0v) is 18.8. The summed E-state index contributed by atoms with van der Waals surface area (Å²) in [5.41, 5.74) is 6.90. The molecule has 4 heteroatoms. The van der Waals surface area contributed by atoms with Gasteiger partial charge in [0, 0.05) is 19.2 Å². The Labute approximate surface area is 184 Å². The van der Waals surface area contributed by atoms with Crippen LogP contribution in [0.4, 0.5) is 0 Å².